The molecule has 3 nitrogen and oxygen atoms in total. The van der Waals surface area contributed by atoms with Crippen molar-refractivity contribution >= 4 is 15.9 Å². The molecule has 0 bridgehead atoms. The molecule has 1 heterocycles. The van der Waals surface area contributed by atoms with Gasteiger partial charge >= 0.3 is 0 Å². The third-order valence-electron chi connectivity index (χ3n) is 4.98. The molecule has 0 radical (unpaired) electrons. The Balaban J connectivity index is 1.73. The lowest BCUT2D eigenvalue weighted by atomic mass is 9.55. The quantitative estimate of drug-likeness (QED) is 0.903. The van der Waals surface area contributed by atoms with Crippen molar-refractivity contribution in [3.05, 3.63) is 22.9 Å². The number of ether oxygens (including phenoxy) is 1. The highest BCUT2D eigenvalue weighted by Gasteiger charge is 2.56. The number of nitrogens with one attached hydrogen (secondary N) is 1. The largest absolute Gasteiger partial charge is 0.488 e. The SMILES string of the molecule is CCNC1CC(Oc2cncc(Br)c2)C12CCCCC2. The zero-order valence-corrected chi connectivity index (χ0v) is 13.7. The van der Waals surface area contributed by atoms with Crippen molar-refractivity contribution in [2.45, 2.75) is 57.6 Å². The molecule has 110 valence electrons. The predicted molar refractivity (Wildman–Crippen MR) is 84.0 cm³/mol. The summed E-state index contributed by atoms with van der Waals surface area (Å²) >= 11 is 3.46. The monoisotopic (exact) mass is 338 g/mol. The van der Waals surface area contributed by atoms with Gasteiger partial charge in [0, 0.05) is 28.5 Å². The van der Waals surface area contributed by atoms with Gasteiger partial charge in [0.25, 0.3) is 0 Å². The highest BCUT2D eigenvalue weighted by atomic mass is 79.9. The molecular weight excluding hydrogens is 316 g/mol. The number of rotatable bonds is 4. The molecule has 1 aromatic heterocycles. The van der Waals surface area contributed by atoms with Crippen LogP contribution in [0.2, 0.25) is 0 Å². The van der Waals surface area contributed by atoms with Crippen LogP contribution in [0.15, 0.2) is 22.9 Å². The number of hydrogen-bond donors (Lipinski definition) is 1. The maximum absolute atomic E-state index is 6.27. The first-order chi connectivity index (χ1) is 9.74. The number of pyridine rings is 1. The van der Waals surface area contributed by atoms with Crippen LogP contribution in [0.25, 0.3) is 0 Å². The summed E-state index contributed by atoms with van der Waals surface area (Å²) in [4.78, 5) is 4.20. The van der Waals surface area contributed by atoms with E-state index in [2.05, 4.69) is 33.2 Å². The normalized spacial score (nSPS) is 28.1. The predicted octanol–water partition coefficient (Wildman–Crippen LogP) is 3.92. The molecule has 20 heavy (non-hydrogen) atoms. The lowest BCUT2D eigenvalue weighted by Crippen LogP contribution is -2.65. The van der Waals surface area contributed by atoms with Crippen LogP contribution in [-0.4, -0.2) is 23.7 Å². The van der Waals surface area contributed by atoms with E-state index in [0.29, 0.717) is 17.6 Å². The van der Waals surface area contributed by atoms with E-state index >= 15 is 0 Å². The minimum absolute atomic E-state index is 0.350. The van der Waals surface area contributed by atoms with Gasteiger partial charge in [-0.3, -0.25) is 4.98 Å². The summed E-state index contributed by atoms with van der Waals surface area (Å²) in [5.41, 5.74) is 0.358. The van der Waals surface area contributed by atoms with Crippen molar-refractivity contribution in [1.29, 1.82) is 0 Å². The second kappa shape index (κ2) is 6.02. The summed E-state index contributed by atoms with van der Waals surface area (Å²) in [7, 11) is 0. The van der Waals surface area contributed by atoms with Gasteiger partial charge in [0.1, 0.15) is 11.9 Å². The number of halogens is 1. The van der Waals surface area contributed by atoms with Crippen LogP contribution in [-0.2, 0) is 0 Å². The molecule has 2 atom stereocenters. The average Bonchev–Trinajstić information content (AvgIpc) is 2.47. The van der Waals surface area contributed by atoms with Gasteiger partial charge in [0.05, 0.1) is 6.20 Å². The number of nitrogens with zero attached hydrogens (tertiary/aromatic N) is 1. The minimum atomic E-state index is 0.350. The van der Waals surface area contributed by atoms with E-state index in [1.54, 1.807) is 6.20 Å². The lowest BCUT2D eigenvalue weighted by Gasteiger charge is -2.57. The van der Waals surface area contributed by atoms with Gasteiger partial charge in [-0.2, -0.15) is 0 Å². The van der Waals surface area contributed by atoms with Crippen LogP contribution in [0.1, 0.15) is 45.4 Å². The Kier molecular flexibility index (Phi) is 4.32. The number of aromatic nitrogens is 1. The maximum atomic E-state index is 6.27. The molecule has 2 aliphatic carbocycles. The van der Waals surface area contributed by atoms with Crippen molar-refractivity contribution in [1.82, 2.24) is 10.3 Å². The zero-order chi connectivity index (χ0) is 14.0. The summed E-state index contributed by atoms with van der Waals surface area (Å²) in [5, 5.41) is 3.66. The number of hydrogen-bond acceptors (Lipinski definition) is 3. The molecule has 4 heteroatoms. The van der Waals surface area contributed by atoms with Crippen LogP contribution >= 0.6 is 15.9 Å². The Morgan fingerprint density at radius 1 is 1.35 bits per heavy atom. The summed E-state index contributed by atoms with van der Waals surface area (Å²) in [6, 6.07) is 2.65. The molecule has 0 aromatic carbocycles. The summed E-state index contributed by atoms with van der Waals surface area (Å²) in [6.45, 7) is 3.25. The molecule has 2 fully saturated rings. The van der Waals surface area contributed by atoms with E-state index in [-0.39, 0.29) is 0 Å². The van der Waals surface area contributed by atoms with Gasteiger partial charge in [-0.15, -0.1) is 0 Å². The highest BCUT2D eigenvalue weighted by Crippen LogP contribution is 2.53. The highest BCUT2D eigenvalue weighted by molar-refractivity contribution is 9.10. The first kappa shape index (κ1) is 14.3. The van der Waals surface area contributed by atoms with Crippen molar-refractivity contribution in [2.24, 2.45) is 5.41 Å². The third-order valence-corrected chi connectivity index (χ3v) is 5.41. The Hall–Kier alpha value is -0.610. The molecular formula is C16H23BrN2O. The van der Waals surface area contributed by atoms with E-state index in [4.69, 9.17) is 4.74 Å². The van der Waals surface area contributed by atoms with Crippen LogP contribution in [0, 0.1) is 5.41 Å². The standard InChI is InChI=1S/C16H23BrN2O/c1-2-19-14-9-15(16(14)6-4-3-5-7-16)20-13-8-12(17)10-18-11-13/h8,10-11,14-15,19H,2-7,9H2,1H3. The first-order valence-electron chi connectivity index (χ1n) is 7.75. The second-order valence-corrected chi connectivity index (χ2v) is 7.00. The molecule has 1 N–H and O–H groups in total. The van der Waals surface area contributed by atoms with E-state index in [1.807, 2.05) is 12.3 Å². The molecule has 1 spiro atoms. The van der Waals surface area contributed by atoms with E-state index in [0.717, 1.165) is 23.2 Å². The van der Waals surface area contributed by atoms with Gasteiger partial charge < -0.3 is 10.1 Å². The fourth-order valence-corrected chi connectivity index (χ4v) is 4.29. The van der Waals surface area contributed by atoms with E-state index in [9.17, 15) is 0 Å². The van der Waals surface area contributed by atoms with Crippen LogP contribution in [0.3, 0.4) is 0 Å². The summed E-state index contributed by atoms with van der Waals surface area (Å²) < 4.78 is 7.25. The molecule has 0 saturated heterocycles. The van der Waals surface area contributed by atoms with Crippen molar-refractivity contribution in [2.75, 3.05) is 6.54 Å². The fourth-order valence-electron chi connectivity index (χ4n) is 3.95. The van der Waals surface area contributed by atoms with Crippen LogP contribution in [0.5, 0.6) is 5.75 Å². The van der Waals surface area contributed by atoms with Crippen LogP contribution < -0.4 is 10.1 Å². The van der Waals surface area contributed by atoms with Crippen LogP contribution in [0.4, 0.5) is 0 Å². The van der Waals surface area contributed by atoms with Gasteiger partial charge in [-0.25, -0.2) is 0 Å². The van der Waals surface area contributed by atoms with Gasteiger partial charge in [0.15, 0.2) is 0 Å². The van der Waals surface area contributed by atoms with E-state index in [1.165, 1.54) is 32.1 Å². The van der Waals surface area contributed by atoms with Gasteiger partial charge in [0.2, 0.25) is 0 Å². The van der Waals surface area contributed by atoms with E-state index < -0.39 is 0 Å². The Morgan fingerprint density at radius 2 is 2.15 bits per heavy atom. The minimum Gasteiger partial charge on any atom is -0.488 e. The molecule has 3 rings (SSSR count). The molecule has 1 aromatic rings. The molecule has 0 aliphatic heterocycles. The Bertz CT molecular complexity index is 460. The maximum Gasteiger partial charge on any atom is 0.139 e. The fraction of sp³-hybridized carbons (Fsp3) is 0.688. The molecule has 2 aliphatic rings. The lowest BCUT2D eigenvalue weighted by molar-refractivity contribution is -0.102. The third kappa shape index (κ3) is 2.60. The second-order valence-electron chi connectivity index (χ2n) is 6.09. The first-order valence-corrected chi connectivity index (χ1v) is 8.54. The van der Waals surface area contributed by atoms with Gasteiger partial charge in [-0.05, 0) is 41.4 Å². The van der Waals surface area contributed by atoms with Crippen molar-refractivity contribution in [3.8, 4) is 5.75 Å². The van der Waals surface area contributed by atoms with Crippen molar-refractivity contribution < 1.29 is 4.74 Å². The topological polar surface area (TPSA) is 34.1 Å². The summed E-state index contributed by atoms with van der Waals surface area (Å²) in [6.07, 6.45) is 11.8. The molecule has 0 amide bonds. The summed E-state index contributed by atoms with van der Waals surface area (Å²) in [5.74, 6) is 0.893. The van der Waals surface area contributed by atoms with Gasteiger partial charge in [-0.1, -0.05) is 26.2 Å². The Labute approximate surface area is 129 Å². The smallest absolute Gasteiger partial charge is 0.139 e. The zero-order valence-electron chi connectivity index (χ0n) is 12.1. The average molecular weight is 339 g/mol. The molecule has 2 saturated carbocycles. The Morgan fingerprint density at radius 3 is 2.85 bits per heavy atom. The molecule has 2 unspecified atom stereocenters. The van der Waals surface area contributed by atoms with Crippen molar-refractivity contribution in [3.63, 3.8) is 0 Å².